The molecule has 18 heavy (non-hydrogen) atoms. The van der Waals surface area contributed by atoms with Crippen molar-refractivity contribution >= 4 is 23.4 Å². The normalized spacial score (nSPS) is 12.9. The van der Waals surface area contributed by atoms with Gasteiger partial charge in [-0.1, -0.05) is 6.07 Å². The van der Waals surface area contributed by atoms with E-state index in [1.165, 1.54) is 18.4 Å². The van der Waals surface area contributed by atoms with E-state index in [1.54, 1.807) is 38.3 Å². The number of rotatable bonds is 3. The first-order valence-corrected chi connectivity index (χ1v) is 6.32. The Hall–Kier alpha value is -1.56. The van der Waals surface area contributed by atoms with Crippen LogP contribution in [-0.4, -0.2) is 34.7 Å². The number of carboxylic acids is 1. The van der Waals surface area contributed by atoms with Crippen LogP contribution in [0.3, 0.4) is 0 Å². The van der Waals surface area contributed by atoms with Crippen molar-refractivity contribution in [2.45, 2.75) is 32.4 Å². The van der Waals surface area contributed by atoms with Gasteiger partial charge in [0.1, 0.15) is 5.60 Å². The van der Waals surface area contributed by atoms with Gasteiger partial charge in [-0.2, -0.15) is 0 Å². The third kappa shape index (κ3) is 3.73. The van der Waals surface area contributed by atoms with Crippen molar-refractivity contribution in [1.29, 1.82) is 0 Å². The van der Waals surface area contributed by atoms with E-state index in [0.717, 1.165) is 4.90 Å². The molecular formula is C12H17NO4S. The first-order valence-electron chi connectivity index (χ1n) is 5.44. The van der Waals surface area contributed by atoms with Crippen molar-refractivity contribution in [3.63, 3.8) is 0 Å². The molecule has 0 saturated carbocycles. The van der Waals surface area contributed by atoms with E-state index in [0.29, 0.717) is 4.88 Å². The van der Waals surface area contributed by atoms with Crippen LogP contribution in [0.4, 0.5) is 4.79 Å². The zero-order chi connectivity index (χ0) is 13.9. The minimum atomic E-state index is -1.08. The van der Waals surface area contributed by atoms with Crippen molar-refractivity contribution in [3.8, 4) is 0 Å². The van der Waals surface area contributed by atoms with Gasteiger partial charge in [0.25, 0.3) is 0 Å². The fourth-order valence-corrected chi connectivity index (χ4v) is 2.22. The van der Waals surface area contributed by atoms with Gasteiger partial charge in [-0.3, -0.25) is 4.90 Å². The van der Waals surface area contributed by atoms with Crippen LogP contribution in [0.1, 0.15) is 31.7 Å². The van der Waals surface area contributed by atoms with Gasteiger partial charge in [0.2, 0.25) is 0 Å². The van der Waals surface area contributed by atoms with Crippen molar-refractivity contribution in [3.05, 3.63) is 22.4 Å². The molecule has 1 rings (SSSR count). The Morgan fingerprint density at radius 2 is 2.06 bits per heavy atom. The average Bonchev–Trinajstić information content (AvgIpc) is 2.67. The summed E-state index contributed by atoms with van der Waals surface area (Å²) in [6, 6.07) is 2.42. The van der Waals surface area contributed by atoms with E-state index in [9.17, 15) is 14.7 Å². The van der Waals surface area contributed by atoms with E-state index in [1.807, 2.05) is 0 Å². The molecule has 1 aromatic rings. The van der Waals surface area contributed by atoms with Crippen molar-refractivity contribution in [2.24, 2.45) is 0 Å². The lowest BCUT2D eigenvalue weighted by atomic mass is 10.2. The minimum Gasteiger partial charge on any atom is -0.479 e. The molecule has 0 aliphatic heterocycles. The molecule has 1 aromatic heterocycles. The Bertz CT molecular complexity index is 422. The molecule has 0 radical (unpaired) electrons. The number of aliphatic carboxylic acids is 1. The molecule has 0 bridgehead atoms. The monoisotopic (exact) mass is 271 g/mol. The molecule has 0 aliphatic carbocycles. The standard InChI is InChI=1S/C12H17NO4S/c1-12(2,3)17-11(16)13(4)9(10(14)15)8-6-5-7-18-8/h5-7,9H,1-4H3,(H,14,15). The quantitative estimate of drug-likeness (QED) is 0.918. The van der Waals surface area contributed by atoms with Crippen LogP contribution < -0.4 is 0 Å². The fraction of sp³-hybridized carbons (Fsp3) is 0.500. The van der Waals surface area contributed by atoms with Crippen molar-refractivity contribution in [1.82, 2.24) is 4.90 Å². The number of likely N-dealkylation sites (N-methyl/N-ethyl adjacent to an activating group) is 1. The zero-order valence-electron chi connectivity index (χ0n) is 10.8. The molecule has 1 unspecified atom stereocenters. The van der Waals surface area contributed by atoms with Gasteiger partial charge in [-0.15, -0.1) is 11.3 Å². The highest BCUT2D eigenvalue weighted by Crippen LogP contribution is 2.25. The maximum atomic E-state index is 11.8. The predicted molar refractivity (Wildman–Crippen MR) is 68.7 cm³/mol. The van der Waals surface area contributed by atoms with Gasteiger partial charge in [0.15, 0.2) is 6.04 Å². The van der Waals surface area contributed by atoms with Crippen LogP contribution in [0.25, 0.3) is 0 Å². The molecule has 1 amide bonds. The topological polar surface area (TPSA) is 66.8 Å². The summed E-state index contributed by atoms with van der Waals surface area (Å²) >= 11 is 1.29. The van der Waals surface area contributed by atoms with E-state index in [4.69, 9.17) is 4.74 Å². The highest BCUT2D eigenvalue weighted by Gasteiger charge is 2.31. The van der Waals surface area contributed by atoms with Gasteiger partial charge in [0.05, 0.1) is 0 Å². The average molecular weight is 271 g/mol. The smallest absolute Gasteiger partial charge is 0.411 e. The summed E-state index contributed by atoms with van der Waals surface area (Å²) in [5.74, 6) is -1.08. The molecule has 0 saturated heterocycles. The largest absolute Gasteiger partial charge is 0.479 e. The van der Waals surface area contributed by atoms with E-state index >= 15 is 0 Å². The second kappa shape index (κ2) is 5.39. The van der Waals surface area contributed by atoms with E-state index < -0.39 is 23.7 Å². The van der Waals surface area contributed by atoms with E-state index in [2.05, 4.69) is 0 Å². The SMILES string of the molecule is CN(C(=O)OC(C)(C)C)C(C(=O)O)c1cccs1. The third-order valence-electron chi connectivity index (χ3n) is 2.12. The Morgan fingerprint density at radius 3 is 2.44 bits per heavy atom. The molecule has 5 nitrogen and oxygen atoms in total. The summed E-state index contributed by atoms with van der Waals surface area (Å²) in [4.78, 5) is 24.8. The number of carboxylic acid groups (broad SMARTS) is 1. The summed E-state index contributed by atoms with van der Waals surface area (Å²) in [6.07, 6.45) is -0.650. The highest BCUT2D eigenvalue weighted by atomic mass is 32.1. The molecule has 100 valence electrons. The van der Waals surface area contributed by atoms with E-state index in [-0.39, 0.29) is 0 Å². The molecule has 0 aliphatic rings. The number of hydrogen-bond acceptors (Lipinski definition) is 4. The van der Waals surface area contributed by atoms with Crippen LogP contribution in [-0.2, 0) is 9.53 Å². The molecule has 0 fully saturated rings. The molecular weight excluding hydrogens is 254 g/mol. The molecule has 6 heteroatoms. The number of ether oxygens (including phenoxy) is 1. The molecule has 1 N–H and O–H groups in total. The number of carbonyl (C=O) groups excluding carboxylic acids is 1. The minimum absolute atomic E-state index is 0.593. The summed E-state index contributed by atoms with van der Waals surface area (Å²) in [5, 5.41) is 11.0. The van der Waals surface area contributed by atoms with Gasteiger partial charge < -0.3 is 9.84 Å². The third-order valence-corrected chi connectivity index (χ3v) is 3.04. The molecule has 0 spiro atoms. The van der Waals surface area contributed by atoms with Crippen LogP contribution in [0.15, 0.2) is 17.5 Å². The summed E-state index contributed by atoms with van der Waals surface area (Å²) in [6.45, 7) is 5.21. The van der Waals surface area contributed by atoms with Crippen LogP contribution in [0.2, 0.25) is 0 Å². The number of thiophene rings is 1. The highest BCUT2D eigenvalue weighted by molar-refractivity contribution is 7.10. The Morgan fingerprint density at radius 1 is 1.44 bits per heavy atom. The summed E-state index contributed by atoms with van der Waals surface area (Å²) in [7, 11) is 1.42. The first kappa shape index (κ1) is 14.5. The van der Waals surface area contributed by atoms with Crippen LogP contribution in [0.5, 0.6) is 0 Å². The first-order chi connectivity index (χ1) is 8.22. The van der Waals surface area contributed by atoms with Crippen LogP contribution >= 0.6 is 11.3 Å². The predicted octanol–water partition coefficient (Wildman–Crippen LogP) is 2.74. The fourth-order valence-electron chi connectivity index (χ4n) is 1.36. The maximum absolute atomic E-state index is 11.8. The Balaban J connectivity index is 2.88. The number of hydrogen-bond donors (Lipinski definition) is 1. The van der Waals surface area contributed by atoms with Gasteiger partial charge in [0, 0.05) is 11.9 Å². The van der Waals surface area contributed by atoms with Gasteiger partial charge in [-0.05, 0) is 32.2 Å². The second-order valence-electron chi connectivity index (χ2n) is 4.85. The maximum Gasteiger partial charge on any atom is 0.411 e. The van der Waals surface area contributed by atoms with Crippen molar-refractivity contribution < 1.29 is 19.4 Å². The lowest BCUT2D eigenvalue weighted by Crippen LogP contribution is -2.39. The number of nitrogens with zero attached hydrogens (tertiary/aromatic N) is 1. The lowest BCUT2D eigenvalue weighted by Gasteiger charge is -2.28. The van der Waals surface area contributed by atoms with Crippen LogP contribution in [0, 0.1) is 0 Å². The number of carbonyl (C=O) groups is 2. The van der Waals surface area contributed by atoms with Gasteiger partial charge >= 0.3 is 12.1 Å². The Kier molecular flexibility index (Phi) is 4.34. The summed E-state index contributed by atoms with van der Waals surface area (Å²) in [5.41, 5.74) is -0.649. The Labute approximate surface area is 110 Å². The molecule has 0 aromatic carbocycles. The summed E-state index contributed by atoms with van der Waals surface area (Å²) < 4.78 is 5.16. The second-order valence-corrected chi connectivity index (χ2v) is 5.83. The molecule has 1 heterocycles. The molecule has 1 atom stereocenters. The lowest BCUT2D eigenvalue weighted by molar-refractivity contribution is -0.142. The van der Waals surface area contributed by atoms with Crippen molar-refractivity contribution in [2.75, 3.05) is 7.05 Å². The zero-order valence-corrected chi connectivity index (χ0v) is 11.7. The van der Waals surface area contributed by atoms with Gasteiger partial charge in [-0.25, -0.2) is 9.59 Å². The number of amides is 1.